The summed E-state index contributed by atoms with van der Waals surface area (Å²) in [7, 11) is 1.34. The molecular formula is C23H25ClN2O4. The first-order chi connectivity index (χ1) is 14.6. The summed E-state index contributed by atoms with van der Waals surface area (Å²) in [6.45, 7) is 2.49. The second-order valence-electron chi connectivity index (χ2n) is 6.85. The van der Waals surface area contributed by atoms with Gasteiger partial charge in [0.2, 0.25) is 0 Å². The van der Waals surface area contributed by atoms with Gasteiger partial charge in [-0.2, -0.15) is 0 Å². The largest absolute Gasteiger partial charge is 0.465 e. The summed E-state index contributed by atoms with van der Waals surface area (Å²) < 4.78 is 12.6. The summed E-state index contributed by atoms with van der Waals surface area (Å²) in [6.07, 6.45) is 2.87. The van der Waals surface area contributed by atoms with Crippen molar-refractivity contribution in [2.45, 2.75) is 39.3 Å². The van der Waals surface area contributed by atoms with Gasteiger partial charge in [-0.1, -0.05) is 49.2 Å². The van der Waals surface area contributed by atoms with Gasteiger partial charge < -0.3 is 19.1 Å². The molecule has 0 atom stereocenters. The maximum Gasteiger partial charge on any atom is 0.341 e. The summed E-state index contributed by atoms with van der Waals surface area (Å²) in [5.74, 6) is 1.47. The number of methoxy groups -OCH3 is 1. The minimum atomic E-state index is -0.448. The van der Waals surface area contributed by atoms with E-state index in [1.54, 1.807) is 24.3 Å². The van der Waals surface area contributed by atoms with E-state index in [0.29, 0.717) is 34.5 Å². The number of aliphatic hydroxyl groups excluding tert-OH is 1. The van der Waals surface area contributed by atoms with E-state index in [1.165, 1.54) is 7.11 Å². The summed E-state index contributed by atoms with van der Waals surface area (Å²) >= 11 is 6.43. The number of rotatable bonds is 9. The standard InChI is InChI=1S/C23H25ClN2O4/c1-3-4-9-21-25-19(15-27)22(24)26(21)14-16-10-12-17(13-11-16)30-20-8-6-5-7-18(20)23(28)29-2/h5-8,10-13,27H,3-4,9,14-15H2,1-2H3. The van der Waals surface area contributed by atoms with Crippen LogP contribution in [0.2, 0.25) is 5.15 Å². The van der Waals surface area contributed by atoms with E-state index in [2.05, 4.69) is 11.9 Å². The van der Waals surface area contributed by atoms with Gasteiger partial charge in [-0.15, -0.1) is 0 Å². The Morgan fingerprint density at radius 2 is 1.90 bits per heavy atom. The van der Waals surface area contributed by atoms with E-state index in [-0.39, 0.29) is 6.61 Å². The highest BCUT2D eigenvalue weighted by molar-refractivity contribution is 6.30. The van der Waals surface area contributed by atoms with Crippen molar-refractivity contribution in [3.8, 4) is 11.5 Å². The van der Waals surface area contributed by atoms with E-state index in [4.69, 9.17) is 21.1 Å². The normalized spacial score (nSPS) is 10.8. The molecule has 0 fully saturated rings. The average molecular weight is 429 g/mol. The molecule has 1 N–H and O–H groups in total. The highest BCUT2D eigenvalue weighted by atomic mass is 35.5. The number of ether oxygens (including phenoxy) is 2. The lowest BCUT2D eigenvalue weighted by molar-refractivity contribution is 0.0598. The fourth-order valence-corrected chi connectivity index (χ4v) is 3.38. The summed E-state index contributed by atoms with van der Waals surface area (Å²) in [5, 5.41) is 9.96. The Morgan fingerprint density at radius 1 is 1.17 bits per heavy atom. The minimum absolute atomic E-state index is 0.183. The van der Waals surface area contributed by atoms with Crippen LogP contribution in [0.1, 0.15) is 47.2 Å². The molecule has 6 nitrogen and oxygen atoms in total. The Kier molecular flexibility index (Phi) is 7.49. The van der Waals surface area contributed by atoms with Crippen molar-refractivity contribution in [3.63, 3.8) is 0 Å². The number of para-hydroxylation sites is 1. The number of nitrogens with zero attached hydrogens (tertiary/aromatic N) is 2. The minimum Gasteiger partial charge on any atom is -0.465 e. The lowest BCUT2D eigenvalue weighted by atomic mass is 10.2. The van der Waals surface area contributed by atoms with Crippen molar-refractivity contribution in [2.75, 3.05) is 7.11 Å². The number of benzene rings is 2. The van der Waals surface area contributed by atoms with Crippen LogP contribution < -0.4 is 4.74 Å². The molecule has 30 heavy (non-hydrogen) atoms. The van der Waals surface area contributed by atoms with Crippen molar-refractivity contribution >= 4 is 17.6 Å². The van der Waals surface area contributed by atoms with Crippen molar-refractivity contribution < 1.29 is 19.4 Å². The summed E-state index contributed by atoms with van der Waals surface area (Å²) in [4.78, 5) is 16.4. The number of halogens is 1. The molecule has 0 aliphatic rings. The molecule has 2 aromatic carbocycles. The number of imidazole rings is 1. The Labute approximate surface area is 181 Å². The monoisotopic (exact) mass is 428 g/mol. The van der Waals surface area contributed by atoms with Crippen LogP contribution in [0.5, 0.6) is 11.5 Å². The van der Waals surface area contributed by atoms with Gasteiger partial charge in [0.25, 0.3) is 0 Å². The predicted molar refractivity (Wildman–Crippen MR) is 115 cm³/mol. The molecule has 158 valence electrons. The van der Waals surface area contributed by atoms with Gasteiger partial charge in [-0.25, -0.2) is 9.78 Å². The SMILES string of the molecule is CCCCc1nc(CO)c(Cl)n1Cc1ccc(Oc2ccccc2C(=O)OC)cc1. The van der Waals surface area contributed by atoms with Gasteiger partial charge in [-0.3, -0.25) is 0 Å². The third kappa shape index (κ3) is 5.01. The lowest BCUT2D eigenvalue weighted by Crippen LogP contribution is -2.06. The molecule has 0 saturated heterocycles. The Hall–Kier alpha value is -2.83. The van der Waals surface area contributed by atoms with Crippen LogP contribution >= 0.6 is 11.6 Å². The second kappa shape index (κ2) is 10.3. The molecule has 0 aliphatic heterocycles. The van der Waals surface area contributed by atoms with Gasteiger partial charge in [0.05, 0.1) is 20.3 Å². The topological polar surface area (TPSA) is 73.6 Å². The predicted octanol–water partition coefficient (Wildman–Crippen LogP) is 5.00. The molecule has 0 saturated carbocycles. The molecule has 1 heterocycles. The second-order valence-corrected chi connectivity index (χ2v) is 7.21. The van der Waals surface area contributed by atoms with Gasteiger partial charge in [0.1, 0.15) is 33.7 Å². The van der Waals surface area contributed by atoms with Crippen molar-refractivity contribution in [1.29, 1.82) is 0 Å². The number of hydrogen-bond donors (Lipinski definition) is 1. The van der Waals surface area contributed by atoms with E-state index < -0.39 is 5.97 Å². The van der Waals surface area contributed by atoms with Crippen LogP contribution in [-0.2, 0) is 24.3 Å². The number of hydrogen-bond acceptors (Lipinski definition) is 5. The highest BCUT2D eigenvalue weighted by Gasteiger charge is 2.16. The maximum absolute atomic E-state index is 11.9. The third-order valence-electron chi connectivity index (χ3n) is 4.74. The summed E-state index contributed by atoms with van der Waals surface area (Å²) in [5.41, 5.74) is 1.89. The molecule has 3 rings (SSSR count). The number of aromatic nitrogens is 2. The highest BCUT2D eigenvalue weighted by Crippen LogP contribution is 2.27. The van der Waals surface area contributed by atoms with Crippen LogP contribution in [0, 0.1) is 0 Å². The first-order valence-electron chi connectivity index (χ1n) is 9.86. The Bertz CT molecular complexity index is 999. The lowest BCUT2D eigenvalue weighted by Gasteiger charge is -2.12. The van der Waals surface area contributed by atoms with Gasteiger partial charge >= 0.3 is 5.97 Å². The zero-order valence-electron chi connectivity index (χ0n) is 17.1. The van der Waals surface area contributed by atoms with Gasteiger partial charge in [-0.05, 0) is 36.2 Å². The molecule has 7 heteroatoms. The van der Waals surface area contributed by atoms with Crippen molar-refractivity contribution in [1.82, 2.24) is 9.55 Å². The number of unbranched alkanes of at least 4 members (excludes halogenated alkanes) is 1. The van der Waals surface area contributed by atoms with Crippen molar-refractivity contribution in [2.24, 2.45) is 0 Å². The average Bonchev–Trinajstić information content (AvgIpc) is 3.08. The Balaban J connectivity index is 1.78. The first-order valence-corrected chi connectivity index (χ1v) is 10.2. The number of carbonyl (C=O) groups is 1. The van der Waals surface area contributed by atoms with Crippen LogP contribution in [0.3, 0.4) is 0 Å². The zero-order chi connectivity index (χ0) is 21.5. The van der Waals surface area contributed by atoms with Crippen LogP contribution in [0.4, 0.5) is 0 Å². The smallest absolute Gasteiger partial charge is 0.341 e. The number of aliphatic hydroxyl groups is 1. The summed E-state index contributed by atoms with van der Waals surface area (Å²) in [6, 6.07) is 14.5. The number of carbonyl (C=O) groups excluding carboxylic acids is 1. The van der Waals surface area contributed by atoms with Crippen LogP contribution in [-0.4, -0.2) is 27.7 Å². The van der Waals surface area contributed by atoms with Gasteiger partial charge in [0.15, 0.2) is 0 Å². The molecule has 0 radical (unpaired) electrons. The molecule has 0 amide bonds. The molecule has 0 bridgehead atoms. The third-order valence-corrected chi connectivity index (χ3v) is 5.16. The Morgan fingerprint density at radius 3 is 2.57 bits per heavy atom. The van der Waals surface area contributed by atoms with E-state index in [1.807, 2.05) is 28.8 Å². The van der Waals surface area contributed by atoms with Crippen molar-refractivity contribution in [3.05, 3.63) is 76.3 Å². The molecule has 0 spiro atoms. The number of esters is 1. The molecule has 0 aliphatic carbocycles. The van der Waals surface area contributed by atoms with E-state index >= 15 is 0 Å². The molecule has 0 unspecified atom stereocenters. The van der Waals surface area contributed by atoms with Crippen LogP contribution in [0.15, 0.2) is 48.5 Å². The molecule has 3 aromatic rings. The van der Waals surface area contributed by atoms with E-state index in [0.717, 1.165) is 30.7 Å². The maximum atomic E-state index is 11.9. The number of aryl methyl sites for hydroxylation is 1. The fraction of sp³-hybridized carbons (Fsp3) is 0.304. The fourth-order valence-electron chi connectivity index (χ4n) is 3.13. The quantitative estimate of drug-likeness (QED) is 0.485. The van der Waals surface area contributed by atoms with Crippen LogP contribution in [0.25, 0.3) is 0 Å². The van der Waals surface area contributed by atoms with Gasteiger partial charge in [0, 0.05) is 6.42 Å². The van der Waals surface area contributed by atoms with E-state index in [9.17, 15) is 9.90 Å². The first kappa shape index (κ1) is 21.9. The zero-order valence-corrected chi connectivity index (χ0v) is 17.9. The molecular weight excluding hydrogens is 404 g/mol. The molecule has 1 aromatic heterocycles.